The van der Waals surface area contributed by atoms with Gasteiger partial charge in [0.2, 0.25) is 0 Å². The fourth-order valence-electron chi connectivity index (χ4n) is 2.97. The van der Waals surface area contributed by atoms with Crippen molar-refractivity contribution in [1.29, 1.82) is 0 Å². The molecule has 2 atom stereocenters. The third-order valence-corrected chi connectivity index (χ3v) is 4.21. The Morgan fingerprint density at radius 3 is 2.13 bits per heavy atom. The summed E-state index contributed by atoms with van der Waals surface area (Å²) in [6, 6.07) is 5.47. The van der Waals surface area contributed by atoms with Crippen LogP contribution in [0.4, 0.5) is 0 Å². The van der Waals surface area contributed by atoms with Gasteiger partial charge in [-0.2, -0.15) is 0 Å². The maximum absolute atomic E-state index is 10.6. The molecule has 6 heteroatoms. The van der Waals surface area contributed by atoms with Gasteiger partial charge in [0.05, 0.1) is 26.4 Å². The molecule has 2 N–H and O–H groups in total. The van der Waals surface area contributed by atoms with E-state index in [1.807, 2.05) is 25.1 Å². The van der Waals surface area contributed by atoms with Gasteiger partial charge in [-0.15, -0.1) is 0 Å². The van der Waals surface area contributed by atoms with Crippen LogP contribution in [0.1, 0.15) is 18.6 Å². The van der Waals surface area contributed by atoms with E-state index in [0.29, 0.717) is 24.6 Å². The summed E-state index contributed by atoms with van der Waals surface area (Å²) in [6.07, 6.45) is -0.920. The van der Waals surface area contributed by atoms with Crippen molar-refractivity contribution >= 4 is 0 Å². The standard InChI is InChI=1S/C17H28N2O4/c1-13(20)11-18-6-8-19(9-7-18)12-16(21)15-10-14(22-2)4-5-17(15)23-3/h4-5,10,13,16,20-21H,6-9,11-12H2,1-3H3/t13-,16-/m0/s1. The van der Waals surface area contributed by atoms with E-state index >= 15 is 0 Å². The zero-order chi connectivity index (χ0) is 16.8. The van der Waals surface area contributed by atoms with Crippen LogP contribution < -0.4 is 9.47 Å². The Balaban J connectivity index is 1.93. The predicted octanol–water partition coefficient (Wildman–Crippen LogP) is 0.736. The SMILES string of the molecule is COc1ccc(OC)c([C@@H](O)CN2CCN(C[C@H](C)O)CC2)c1. The van der Waals surface area contributed by atoms with E-state index in [4.69, 9.17) is 9.47 Å². The number of aliphatic hydroxyl groups excluding tert-OH is 2. The number of ether oxygens (including phenoxy) is 2. The molecule has 1 aliphatic rings. The zero-order valence-electron chi connectivity index (χ0n) is 14.2. The van der Waals surface area contributed by atoms with Crippen LogP contribution in [0, 0.1) is 0 Å². The number of piperazine rings is 1. The van der Waals surface area contributed by atoms with Crippen LogP contribution in [-0.4, -0.2) is 79.6 Å². The van der Waals surface area contributed by atoms with Gasteiger partial charge in [-0.3, -0.25) is 9.80 Å². The Bertz CT molecular complexity index is 487. The summed E-state index contributed by atoms with van der Waals surface area (Å²) in [5.74, 6) is 1.38. The normalized spacial score (nSPS) is 19.3. The summed E-state index contributed by atoms with van der Waals surface area (Å²) in [7, 11) is 3.21. The lowest BCUT2D eigenvalue weighted by molar-refractivity contribution is 0.0519. The smallest absolute Gasteiger partial charge is 0.124 e. The first-order chi connectivity index (χ1) is 11.0. The van der Waals surface area contributed by atoms with Crippen LogP contribution in [0.3, 0.4) is 0 Å². The molecule has 2 rings (SSSR count). The predicted molar refractivity (Wildman–Crippen MR) is 89.1 cm³/mol. The van der Waals surface area contributed by atoms with E-state index in [0.717, 1.165) is 31.7 Å². The van der Waals surface area contributed by atoms with Crippen molar-refractivity contribution in [2.45, 2.75) is 19.1 Å². The molecule has 130 valence electrons. The molecule has 1 saturated heterocycles. The highest BCUT2D eigenvalue weighted by atomic mass is 16.5. The lowest BCUT2D eigenvalue weighted by Gasteiger charge is -2.36. The van der Waals surface area contributed by atoms with Crippen LogP contribution in [0.2, 0.25) is 0 Å². The molecule has 0 aromatic heterocycles. The third-order valence-electron chi connectivity index (χ3n) is 4.21. The van der Waals surface area contributed by atoms with Crippen LogP contribution >= 0.6 is 0 Å². The molecular formula is C17H28N2O4. The fourth-order valence-corrected chi connectivity index (χ4v) is 2.97. The van der Waals surface area contributed by atoms with Crippen LogP contribution in [0.5, 0.6) is 11.5 Å². The molecule has 6 nitrogen and oxygen atoms in total. The molecule has 1 fully saturated rings. The van der Waals surface area contributed by atoms with Gasteiger partial charge in [-0.1, -0.05) is 0 Å². The van der Waals surface area contributed by atoms with E-state index in [9.17, 15) is 10.2 Å². The van der Waals surface area contributed by atoms with Gasteiger partial charge >= 0.3 is 0 Å². The molecular weight excluding hydrogens is 296 g/mol. The van der Waals surface area contributed by atoms with Crippen LogP contribution in [0.25, 0.3) is 0 Å². The lowest BCUT2D eigenvalue weighted by Crippen LogP contribution is -2.49. The van der Waals surface area contributed by atoms with Crippen LogP contribution in [0.15, 0.2) is 18.2 Å². The van der Waals surface area contributed by atoms with Crippen molar-refractivity contribution in [3.05, 3.63) is 23.8 Å². The molecule has 1 heterocycles. The summed E-state index contributed by atoms with van der Waals surface area (Å²) in [5.41, 5.74) is 0.748. The molecule has 23 heavy (non-hydrogen) atoms. The maximum atomic E-state index is 10.6. The topological polar surface area (TPSA) is 65.4 Å². The van der Waals surface area contributed by atoms with Gasteiger partial charge in [0.1, 0.15) is 11.5 Å². The van der Waals surface area contributed by atoms with Crippen molar-refractivity contribution in [2.75, 3.05) is 53.5 Å². The van der Waals surface area contributed by atoms with Crippen molar-refractivity contribution in [3.8, 4) is 11.5 Å². The molecule has 0 spiro atoms. The first-order valence-corrected chi connectivity index (χ1v) is 8.06. The average molecular weight is 324 g/mol. The van der Waals surface area contributed by atoms with Gasteiger partial charge in [-0.25, -0.2) is 0 Å². The summed E-state index contributed by atoms with van der Waals surface area (Å²) in [6.45, 7) is 6.67. The molecule has 0 aliphatic carbocycles. The maximum Gasteiger partial charge on any atom is 0.124 e. The van der Waals surface area contributed by atoms with Gasteiger partial charge in [0, 0.05) is 44.8 Å². The second-order valence-corrected chi connectivity index (χ2v) is 6.07. The highest BCUT2D eigenvalue weighted by Gasteiger charge is 2.22. The molecule has 0 radical (unpaired) electrons. The van der Waals surface area contributed by atoms with Crippen molar-refractivity contribution < 1.29 is 19.7 Å². The first kappa shape index (κ1) is 18.0. The molecule has 0 unspecified atom stereocenters. The van der Waals surface area contributed by atoms with Crippen molar-refractivity contribution in [3.63, 3.8) is 0 Å². The van der Waals surface area contributed by atoms with Gasteiger partial charge in [-0.05, 0) is 25.1 Å². The average Bonchev–Trinajstić information content (AvgIpc) is 2.55. The first-order valence-electron chi connectivity index (χ1n) is 8.06. The highest BCUT2D eigenvalue weighted by molar-refractivity contribution is 5.41. The summed E-state index contributed by atoms with van der Waals surface area (Å²) in [5, 5.41) is 20.0. The molecule has 1 aromatic carbocycles. The van der Waals surface area contributed by atoms with Gasteiger partial charge < -0.3 is 19.7 Å². The molecule has 0 saturated carbocycles. The van der Waals surface area contributed by atoms with E-state index in [1.54, 1.807) is 14.2 Å². The quantitative estimate of drug-likeness (QED) is 0.771. The number of hydrogen-bond donors (Lipinski definition) is 2. The van der Waals surface area contributed by atoms with Crippen LogP contribution in [-0.2, 0) is 0 Å². The van der Waals surface area contributed by atoms with E-state index in [-0.39, 0.29) is 6.10 Å². The minimum Gasteiger partial charge on any atom is -0.497 e. The van der Waals surface area contributed by atoms with E-state index < -0.39 is 6.10 Å². The van der Waals surface area contributed by atoms with Gasteiger partial charge in [0.25, 0.3) is 0 Å². The third kappa shape index (κ3) is 5.07. The van der Waals surface area contributed by atoms with Crippen molar-refractivity contribution in [1.82, 2.24) is 9.80 Å². The second-order valence-electron chi connectivity index (χ2n) is 6.07. The van der Waals surface area contributed by atoms with E-state index in [2.05, 4.69) is 9.80 Å². The Hall–Kier alpha value is -1.34. The number of hydrogen-bond acceptors (Lipinski definition) is 6. The number of rotatable bonds is 7. The summed E-state index contributed by atoms with van der Waals surface area (Å²) >= 11 is 0. The largest absolute Gasteiger partial charge is 0.497 e. The van der Waals surface area contributed by atoms with E-state index in [1.165, 1.54) is 0 Å². The number of nitrogens with zero attached hydrogens (tertiary/aromatic N) is 2. The minimum absolute atomic E-state index is 0.298. The number of aliphatic hydroxyl groups is 2. The number of β-amino-alcohol motifs (C(OH)–C–C–N with tert-alkyl or cyclic N) is 2. The molecule has 1 aromatic rings. The van der Waals surface area contributed by atoms with Gasteiger partial charge in [0.15, 0.2) is 0 Å². The second kappa shape index (κ2) is 8.49. The number of benzene rings is 1. The minimum atomic E-state index is -0.622. The zero-order valence-corrected chi connectivity index (χ0v) is 14.2. The van der Waals surface area contributed by atoms with Crippen molar-refractivity contribution in [2.24, 2.45) is 0 Å². The molecule has 0 amide bonds. The molecule has 0 bridgehead atoms. The summed E-state index contributed by atoms with van der Waals surface area (Å²) in [4.78, 5) is 4.49. The Morgan fingerprint density at radius 2 is 1.61 bits per heavy atom. The molecule has 1 aliphatic heterocycles. The Labute approximate surface area is 138 Å². The highest BCUT2D eigenvalue weighted by Crippen LogP contribution is 2.30. The lowest BCUT2D eigenvalue weighted by atomic mass is 10.1. The monoisotopic (exact) mass is 324 g/mol. The Kier molecular flexibility index (Phi) is 6.65. The summed E-state index contributed by atoms with van der Waals surface area (Å²) < 4.78 is 10.6. The Morgan fingerprint density at radius 1 is 1.00 bits per heavy atom. The number of methoxy groups -OCH3 is 2. The fraction of sp³-hybridized carbons (Fsp3) is 0.647.